The summed E-state index contributed by atoms with van der Waals surface area (Å²) in [6, 6.07) is 7.47. The van der Waals surface area contributed by atoms with Crippen LogP contribution in [0.25, 0.3) is 0 Å². The molecule has 0 spiro atoms. The number of fused-ring (bicyclic) bond motifs is 2. The van der Waals surface area contributed by atoms with Crippen molar-refractivity contribution >= 4 is 17.7 Å². The molecule has 1 saturated heterocycles. The van der Waals surface area contributed by atoms with Gasteiger partial charge in [-0.25, -0.2) is 4.79 Å². The average molecular weight is 439 g/mol. The number of Topliss-reactive ketones (excluding diaryl/α,β-unsaturated/α-hetero) is 1. The maximum Gasteiger partial charge on any atom is 0.337 e. The van der Waals surface area contributed by atoms with Crippen molar-refractivity contribution < 1.29 is 23.9 Å². The van der Waals surface area contributed by atoms with E-state index in [9.17, 15) is 14.4 Å². The number of carbonyl (C=O) groups excluding carboxylic acids is 3. The van der Waals surface area contributed by atoms with E-state index in [2.05, 4.69) is 19.2 Å². The highest BCUT2D eigenvalue weighted by molar-refractivity contribution is 6.09. The second-order valence-electron chi connectivity index (χ2n) is 8.83. The van der Waals surface area contributed by atoms with Crippen LogP contribution in [-0.4, -0.2) is 49.4 Å². The number of hydrogen-bond acceptors (Lipinski definition) is 6. The van der Waals surface area contributed by atoms with E-state index < -0.39 is 11.9 Å². The smallest absolute Gasteiger partial charge is 0.337 e. The van der Waals surface area contributed by atoms with Crippen LogP contribution in [0, 0.1) is 5.92 Å². The fraction of sp³-hybridized carbons (Fsp3) is 0.480. The van der Waals surface area contributed by atoms with Crippen LogP contribution in [0.2, 0.25) is 0 Å². The highest BCUT2D eigenvalue weighted by Crippen LogP contribution is 2.47. The molecule has 1 aliphatic carbocycles. The summed E-state index contributed by atoms with van der Waals surface area (Å²) < 4.78 is 10.9. The molecule has 1 fully saturated rings. The highest BCUT2D eigenvalue weighted by Gasteiger charge is 2.45. The normalized spacial score (nSPS) is 20.8. The van der Waals surface area contributed by atoms with E-state index in [4.69, 9.17) is 9.47 Å². The number of piperazine rings is 1. The van der Waals surface area contributed by atoms with Gasteiger partial charge in [0.05, 0.1) is 19.3 Å². The third-order valence-corrected chi connectivity index (χ3v) is 6.28. The zero-order valence-corrected chi connectivity index (χ0v) is 18.9. The van der Waals surface area contributed by atoms with Crippen LogP contribution in [0.5, 0.6) is 5.75 Å². The van der Waals surface area contributed by atoms with Gasteiger partial charge < -0.3 is 19.7 Å². The third kappa shape index (κ3) is 4.04. The molecular weight excluding hydrogens is 408 g/mol. The second kappa shape index (κ2) is 9.18. The molecule has 1 aromatic carbocycles. The maximum atomic E-state index is 13.1. The molecule has 3 aliphatic rings. The first-order valence-corrected chi connectivity index (χ1v) is 11.3. The Balaban J connectivity index is 1.79. The van der Waals surface area contributed by atoms with Crippen molar-refractivity contribution in [2.75, 3.05) is 26.8 Å². The van der Waals surface area contributed by atoms with Gasteiger partial charge in [0.15, 0.2) is 5.78 Å². The fourth-order valence-corrected chi connectivity index (χ4v) is 4.70. The van der Waals surface area contributed by atoms with Crippen LogP contribution in [0.3, 0.4) is 0 Å². The first-order chi connectivity index (χ1) is 15.4. The van der Waals surface area contributed by atoms with Gasteiger partial charge in [0, 0.05) is 36.7 Å². The van der Waals surface area contributed by atoms with E-state index >= 15 is 0 Å². The quantitative estimate of drug-likeness (QED) is 0.687. The Morgan fingerprint density at radius 2 is 1.94 bits per heavy atom. The Bertz CT molecular complexity index is 990. The number of nitrogens with one attached hydrogen (secondary N) is 1. The molecule has 1 atom stereocenters. The lowest BCUT2D eigenvalue weighted by atomic mass is 9.74. The van der Waals surface area contributed by atoms with Gasteiger partial charge in [-0.1, -0.05) is 26.0 Å². The van der Waals surface area contributed by atoms with E-state index in [1.165, 1.54) is 7.11 Å². The number of nitrogens with zero attached hydrogens (tertiary/aromatic N) is 1. The summed E-state index contributed by atoms with van der Waals surface area (Å²) in [5, 5.41) is 2.84. The van der Waals surface area contributed by atoms with Crippen molar-refractivity contribution in [2.24, 2.45) is 5.92 Å². The lowest BCUT2D eigenvalue weighted by molar-refractivity contribution is -0.137. The number of allylic oxidation sites excluding steroid dienone is 2. The van der Waals surface area contributed by atoms with Gasteiger partial charge in [-0.15, -0.1) is 0 Å². The van der Waals surface area contributed by atoms with Gasteiger partial charge in [0.2, 0.25) is 0 Å². The van der Waals surface area contributed by atoms with Crippen molar-refractivity contribution in [2.45, 2.75) is 45.4 Å². The Kier molecular flexibility index (Phi) is 6.35. The Morgan fingerprint density at radius 1 is 1.19 bits per heavy atom. The van der Waals surface area contributed by atoms with E-state index in [0.717, 1.165) is 29.9 Å². The summed E-state index contributed by atoms with van der Waals surface area (Å²) in [7, 11) is 1.30. The number of ether oxygens (including phenoxy) is 2. The van der Waals surface area contributed by atoms with Crippen molar-refractivity contribution in [3.63, 3.8) is 0 Å². The molecule has 0 bridgehead atoms. The molecule has 0 radical (unpaired) electrons. The number of carbonyl (C=O) groups is 3. The van der Waals surface area contributed by atoms with Crippen LogP contribution in [0.4, 0.5) is 0 Å². The summed E-state index contributed by atoms with van der Waals surface area (Å²) in [4.78, 5) is 40.8. The van der Waals surface area contributed by atoms with Gasteiger partial charge >= 0.3 is 5.97 Å². The van der Waals surface area contributed by atoms with E-state index in [0.29, 0.717) is 49.7 Å². The maximum absolute atomic E-state index is 13.1. The van der Waals surface area contributed by atoms with E-state index in [1.54, 1.807) is 0 Å². The Labute approximate surface area is 188 Å². The molecule has 0 aromatic heterocycles. The topological polar surface area (TPSA) is 84.9 Å². The molecule has 32 heavy (non-hydrogen) atoms. The molecule has 7 heteroatoms. The van der Waals surface area contributed by atoms with Gasteiger partial charge in [-0.3, -0.25) is 9.59 Å². The predicted molar refractivity (Wildman–Crippen MR) is 119 cm³/mol. The minimum atomic E-state index is -0.634. The number of hydrogen-bond donors (Lipinski definition) is 1. The van der Waals surface area contributed by atoms with Crippen LogP contribution >= 0.6 is 0 Å². The van der Waals surface area contributed by atoms with Crippen molar-refractivity contribution in [3.05, 3.63) is 52.4 Å². The Hall–Kier alpha value is -3.09. The zero-order chi connectivity index (χ0) is 22.8. The van der Waals surface area contributed by atoms with Crippen molar-refractivity contribution in [1.82, 2.24) is 10.2 Å². The first kappa shape index (κ1) is 22.1. The summed E-state index contributed by atoms with van der Waals surface area (Å²) in [5.74, 6) is -0.212. The first-order valence-electron chi connectivity index (χ1n) is 11.3. The van der Waals surface area contributed by atoms with Gasteiger partial charge in [0.25, 0.3) is 5.91 Å². The van der Waals surface area contributed by atoms with Crippen molar-refractivity contribution in [3.8, 4) is 5.75 Å². The lowest BCUT2D eigenvalue weighted by Gasteiger charge is -2.43. The molecule has 2 aliphatic heterocycles. The Morgan fingerprint density at radius 3 is 2.62 bits per heavy atom. The number of amides is 1. The summed E-state index contributed by atoms with van der Waals surface area (Å²) in [6.45, 7) is 5.92. The molecule has 4 rings (SSSR count). The van der Waals surface area contributed by atoms with Crippen LogP contribution < -0.4 is 10.1 Å². The molecule has 1 aromatic rings. The molecular formula is C25H30N2O5. The SMILES string of the molecule is COC(=O)C1=C2C(=O)NCCN2C2=C(C(=O)CCC2)C1c1ccc(OCCC(C)C)cc1. The summed E-state index contributed by atoms with van der Waals surface area (Å²) in [6.07, 6.45) is 2.85. The highest BCUT2D eigenvalue weighted by atomic mass is 16.5. The number of benzene rings is 1. The molecule has 1 amide bonds. The predicted octanol–water partition coefficient (Wildman–Crippen LogP) is 3.07. The molecule has 7 nitrogen and oxygen atoms in total. The minimum Gasteiger partial charge on any atom is -0.494 e. The van der Waals surface area contributed by atoms with E-state index in [1.807, 2.05) is 29.2 Å². The molecule has 170 valence electrons. The number of methoxy groups -OCH3 is 1. The molecule has 2 heterocycles. The third-order valence-electron chi connectivity index (χ3n) is 6.28. The zero-order valence-electron chi connectivity index (χ0n) is 18.9. The second-order valence-corrected chi connectivity index (χ2v) is 8.83. The molecule has 1 unspecified atom stereocenters. The van der Waals surface area contributed by atoms with Gasteiger partial charge in [-0.2, -0.15) is 0 Å². The van der Waals surface area contributed by atoms with Crippen LogP contribution in [0.15, 0.2) is 46.8 Å². The standard InChI is InChI=1S/C25H30N2O5/c1-15(2)11-14-32-17-9-7-16(8-10-17)20-21-18(5-4-6-19(21)28)27-13-12-26-24(29)23(27)22(20)25(30)31-3/h7-10,15,20H,4-6,11-14H2,1-3H3,(H,26,29). The summed E-state index contributed by atoms with van der Waals surface area (Å²) >= 11 is 0. The average Bonchev–Trinajstić information content (AvgIpc) is 2.78. The molecule has 1 N–H and O–H groups in total. The number of esters is 1. The minimum absolute atomic E-state index is 0.0277. The summed E-state index contributed by atoms with van der Waals surface area (Å²) in [5.41, 5.74) is 2.78. The largest absolute Gasteiger partial charge is 0.494 e. The lowest BCUT2D eigenvalue weighted by Crippen LogP contribution is -2.50. The van der Waals surface area contributed by atoms with Crippen molar-refractivity contribution in [1.29, 1.82) is 0 Å². The number of ketones is 1. The van der Waals surface area contributed by atoms with E-state index in [-0.39, 0.29) is 17.3 Å². The van der Waals surface area contributed by atoms with Gasteiger partial charge in [0.1, 0.15) is 11.4 Å². The monoisotopic (exact) mass is 438 g/mol. The fourth-order valence-electron chi connectivity index (χ4n) is 4.70. The number of rotatable bonds is 6. The van der Waals surface area contributed by atoms with Crippen LogP contribution in [0.1, 0.15) is 51.0 Å². The molecule has 0 saturated carbocycles. The van der Waals surface area contributed by atoms with Crippen LogP contribution in [-0.2, 0) is 19.1 Å². The van der Waals surface area contributed by atoms with Gasteiger partial charge in [-0.05, 0) is 42.9 Å².